The summed E-state index contributed by atoms with van der Waals surface area (Å²) in [6, 6.07) is 7.82. The Labute approximate surface area is 81.3 Å². The third-order valence-electron chi connectivity index (χ3n) is 2.68. The minimum absolute atomic E-state index is 0.0625. The number of rotatable bonds is 0. The molecule has 1 aromatic rings. The van der Waals surface area contributed by atoms with E-state index in [1.165, 1.54) is 0 Å². The molecule has 1 fully saturated rings. The fourth-order valence-corrected chi connectivity index (χ4v) is 2.02. The van der Waals surface area contributed by atoms with E-state index in [1.807, 2.05) is 24.3 Å². The topological polar surface area (TPSA) is 50.4 Å². The van der Waals surface area contributed by atoms with Crippen molar-refractivity contribution in [1.82, 2.24) is 10.6 Å². The Kier molecular flexibility index (Phi) is 1.45. The Morgan fingerprint density at radius 2 is 2.14 bits per heavy atom. The number of ether oxygens (including phenoxy) is 1. The largest absolute Gasteiger partial charge is 0.491 e. The maximum Gasteiger partial charge on any atom is 0.315 e. The SMILES string of the molecule is O=C1N[C@@H]2COc3ccccc3[C@@H]2N1. The van der Waals surface area contributed by atoms with Crippen LogP contribution in [0.3, 0.4) is 0 Å². The lowest BCUT2D eigenvalue weighted by Gasteiger charge is -2.26. The Balaban J connectivity index is 2.05. The van der Waals surface area contributed by atoms with Crippen LogP contribution in [0.15, 0.2) is 24.3 Å². The summed E-state index contributed by atoms with van der Waals surface area (Å²) in [5, 5.41) is 5.70. The molecular formula is C10H10N2O2. The maximum atomic E-state index is 11.1. The number of carbonyl (C=O) groups excluding carboxylic acids is 1. The zero-order valence-corrected chi connectivity index (χ0v) is 7.49. The van der Waals surface area contributed by atoms with Gasteiger partial charge in [0.25, 0.3) is 0 Å². The Morgan fingerprint density at radius 3 is 3.07 bits per heavy atom. The lowest BCUT2D eigenvalue weighted by atomic mass is 9.98. The van der Waals surface area contributed by atoms with Crippen LogP contribution in [0.1, 0.15) is 11.6 Å². The number of amides is 2. The molecule has 2 N–H and O–H groups in total. The average Bonchev–Trinajstić information content (AvgIpc) is 2.59. The van der Waals surface area contributed by atoms with Gasteiger partial charge in [-0.05, 0) is 6.07 Å². The standard InChI is InChI=1S/C10H10N2O2/c13-10-11-7-5-14-8-4-2-1-3-6(8)9(7)12-10/h1-4,7,9H,5H2,(H2,11,12,13)/t7-,9+/m1/s1. The summed E-state index contributed by atoms with van der Waals surface area (Å²) in [6.07, 6.45) is 0. The van der Waals surface area contributed by atoms with Gasteiger partial charge >= 0.3 is 6.03 Å². The first-order valence-corrected chi connectivity index (χ1v) is 4.63. The quantitative estimate of drug-likeness (QED) is 0.635. The molecule has 1 saturated heterocycles. The predicted molar refractivity (Wildman–Crippen MR) is 50.1 cm³/mol. The smallest absolute Gasteiger partial charge is 0.315 e. The Bertz CT molecular complexity index is 391. The van der Waals surface area contributed by atoms with Crippen molar-refractivity contribution in [2.75, 3.05) is 6.61 Å². The van der Waals surface area contributed by atoms with Crippen LogP contribution in [0, 0.1) is 0 Å². The normalized spacial score (nSPS) is 28.1. The van der Waals surface area contributed by atoms with Gasteiger partial charge in [-0.25, -0.2) is 4.79 Å². The third-order valence-corrected chi connectivity index (χ3v) is 2.68. The summed E-state index contributed by atoms with van der Waals surface area (Å²) < 4.78 is 5.53. The van der Waals surface area contributed by atoms with E-state index in [9.17, 15) is 4.79 Å². The van der Waals surface area contributed by atoms with E-state index in [2.05, 4.69) is 10.6 Å². The fourth-order valence-electron chi connectivity index (χ4n) is 2.02. The second-order valence-electron chi connectivity index (χ2n) is 3.55. The van der Waals surface area contributed by atoms with Crippen LogP contribution in [0.2, 0.25) is 0 Å². The van der Waals surface area contributed by atoms with E-state index < -0.39 is 0 Å². The van der Waals surface area contributed by atoms with Crippen LogP contribution in [-0.4, -0.2) is 18.7 Å². The summed E-state index contributed by atoms with van der Waals surface area (Å²) in [5.74, 6) is 0.873. The van der Waals surface area contributed by atoms with Crippen LogP contribution in [0.5, 0.6) is 5.75 Å². The van der Waals surface area contributed by atoms with Crippen LogP contribution in [-0.2, 0) is 0 Å². The summed E-state index contributed by atoms with van der Waals surface area (Å²) in [5.41, 5.74) is 1.06. The molecule has 2 amide bonds. The van der Waals surface area contributed by atoms with Crippen molar-refractivity contribution >= 4 is 6.03 Å². The molecule has 0 saturated carbocycles. The molecule has 2 heterocycles. The van der Waals surface area contributed by atoms with Gasteiger partial charge in [0.2, 0.25) is 0 Å². The van der Waals surface area contributed by atoms with E-state index in [1.54, 1.807) is 0 Å². The van der Waals surface area contributed by atoms with Gasteiger partial charge in [-0.1, -0.05) is 18.2 Å². The van der Waals surface area contributed by atoms with Gasteiger partial charge in [0, 0.05) is 5.56 Å². The highest BCUT2D eigenvalue weighted by atomic mass is 16.5. The van der Waals surface area contributed by atoms with Crippen LogP contribution in [0.4, 0.5) is 4.79 Å². The molecule has 0 aromatic heterocycles. The number of fused-ring (bicyclic) bond motifs is 3. The van der Waals surface area contributed by atoms with E-state index in [4.69, 9.17) is 4.74 Å². The predicted octanol–water partition coefficient (Wildman–Crippen LogP) is 0.801. The molecular weight excluding hydrogens is 180 g/mol. The molecule has 1 aromatic carbocycles. The van der Waals surface area contributed by atoms with Crippen molar-refractivity contribution in [3.8, 4) is 5.75 Å². The van der Waals surface area contributed by atoms with Crippen molar-refractivity contribution in [2.45, 2.75) is 12.1 Å². The van der Waals surface area contributed by atoms with E-state index in [0.29, 0.717) is 6.61 Å². The fraction of sp³-hybridized carbons (Fsp3) is 0.300. The minimum atomic E-state index is -0.111. The first-order chi connectivity index (χ1) is 6.84. The molecule has 2 aliphatic rings. The van der Waals surface area contributed by atoms with Crippen LogP contribution < -0.4 is 15.4 Å². The van der Waals surface area contributed by atoms with Gasteiger partial charge in [0.05, 0.1) is 12.1 Å². The van der Waals surface area contributed by atoms with Gasteiger partial charge in [-0.3, -0.25) is 0 Å². The van der Waals surface area contributed by atoms with E-state index in [-0.39, 0.29) is 18.1 Å². The minimum Gasteiger partial charge on any atom is -0.491 e. The zero-order chi connectivity index (χ0) is 9.54. The number of hydrogen-bond donors (Lipinski definition) is 2. The van der Waals surface area contributed by atoms with Crippen LogP contribution in [0.25, 0.3) is 0 Å². The number of hydrogen-bond acceptors (Lipinski definition) is 2. The molecule has 2 atom stereocenters. The maximum absolute atomic E-state index is 11.1. The molecule has 0 spiro atoms. The summed E-state index contributed by atoms with van der Waals surface area (Å²) in [7, 11) is 0. The lowest BCUT2D eigenvalue weighted by Crippen LogP contribution is -2.37. The van der Waals surface area contributed by atoms with Gasteiger partial charge < -0.3 is 15.4 Å². The van der Waals surface area contributed by atoms with Crippen molar-refractivity contribution in [3.05, 3.63) is 29.8 Å². The molecule has 2 aliphatic heterocycles. The molecule has 0 radical (unpaired) electrons. The summed E-state index contributed by atoms with van der Waals surface area (Å²) >= 11 is 0. The molecule has 0 bridgehead atoms. The van der Waals surface area contributed by atoms with E-state index in [0.717, 1.165) is 11.3 Å². The average molecular weight is 190 g/mol. The second-order valence-corrected chi connectivity index (χ2v) is 3.55. The van der Waals surface area contributed by atoms with Crippen molar-refractivity contribution in [3.63, 3.8) is 0 Å². The molecule has 72 valence electrons. The summed E-state index contributed by atoms with van der Waals surface area (Å²) in [4.78, 5) is 11.1. The van der Waals surface area contributed by atoms with E-state index >= 15 is 0 Å². The molecule has 0 unspecified atom stereocenters. The first-order valence-electron chi connectivity index (χ1n) is 4.63. The monoisotopic (exact) mass is 190 g/mol. The van der Waals surface area contributed by atoms with Gasteiger partial charge in [0.15, 0.2) is 0 Å². The van der Waals surface area contributed by atoms with Gasteiger partial charge in [-0.15, -0.1) is 0 Å². The van der Waals surface area contributed by atoms with Crippen molar-refractivity contribution in [1.29, 1.82) is 0 Å². The Morgan fingerprint density at radius 1 is 1.29 bits per heavy atom. The number of para-hydroxylation sites is 1. The number of carbonyl (C=O) groups is 1. The molecule has 14 heavy (non-hydrogen) atoms. The third kappa shape index (κ3) is 0.968. The van der Waals surface area contributed by atoms with Crippen LogP contribution >= 0.6 is 0 Å². The van der Waals surface area contributed by atoms with Gasteiger partial charge in [0.1, 0.15) is 12.4 Å². The number of benzene rings is 1. The molecule has 4 nitrogen and oxygen atoms in total. The van der Waals surface area contributed by atoms with Gasteiger partial charge in [-0.2, -0.15) is 0 Å². The summed E-state index contributed by atoms with van der Waals surface area (Å²) in [6.45, 7) is 0.542. The Hall–Kier alpha value is -1.71. The molecule has 0 aliphatic carbocycles. The highest BCUT2D eigenvalue weighted by Crippen LogP contribution is 2.33. The van der Waals surface area contributed by atoms with Crippen molar-refractivity contribution in [2.24, 2.45) is 0 Å². The first kappa shape index (κ1) is 7.67. The second kappa shape index (κ2) is 2.64. The highest BCUT2D eigenvalue weighted by Gasteiger charge is 2.37. The van der Waals surface area contributed by atoms with Crippen molar-refractivity contribution < 1.29 is 9.53 Å². The number of nitrogens with one attached hydrogen (secondary N) is 2. The highest BCUT2D eigenvalue weighted by molar-refractivity contribution is 5.78. The zero-order valence-electron chi connectivity index (χ0n) is 7.49. The molecule has 4 heteroatoms. The number of urea groups is 1. The molecule has 3 rings (SSSR count). The lowest BCUT2D eigenvalue weighted by molar-refractivity contribution is 0.232.